The normalized spacial score (nSPS) is 20.5. The molecule has 0 bridgehead atoms. The van der Waals surface area contributed by atoms with Crippen LogP contribution in [0, 0.1) is 5.41 Å². The summed E-state index contributed by atoms with van der Waals surface area (Å²) in [6.45, 7) is 4.59. The van der Waals surface area contributed by atoms with Gasteiger partial charge in [-0.2, -0.15) is 0 Å². The second-order valence-corrected chi connectivity index (χ2v) is 5.38. The number of hydrogen-bond donors (Lipinski definition) is 1. The first kappa shape index (κ1) is 8.05. The van der Waals surface area contributed by atoms with E-state index in [9.17, 15) is 0 Å². The number of fused-ring (bicyclic) bond motifs is 1. The standard InChI is InChI=1S/C9H14N2S/c1-9(2)4-3-7-6(5-9)11-8(10)12-7/h3-5H2,1-2H3,(H2,10,11). The fourth-order valence-electron chi connectivity index (χ4n) is 1.73. The highest BCUT2D eigenvalue weighted by Gasteiger charge is 2.27. The van der Waals surface area contributed by atoms with E-state index in [2.05, 4.69) is 18.8 Å². The molecule has 0 saturated heterocycles. The molecule has 2 rings (SSSR count). The van der Waals surface area contributed by atoms with Crippen molar-refractivity contribution in [3.8, 4) is 0 Å². The predicted molar refractivity (Wildman–Crippen MR) is 52.3 cm³/mol. The van der Waals surface area contributed by atoms with Crippen molar-refractivity contribution in [3.63, 3.8) is 0 Å². The van der Waals surface area contributed by atoms with Crippen molar-refractivity contribution in [2.45, 2.75) is 33.1 Å². The molecule has 1 aliphatic rings. The summed E-state index contributed by atoms with van der Waals surface area (Å²) >= 11 is 1.66. The number of nitrogens with two attached hydrogens (primary N) is 1. The van der Waals surface area contributed by atoms with E-state index >= 15 is 0 Å². The van der Waals surface area contributed by atoms with Crippen molar-refractivity contribution >= 4 is 16.5 Å². The number of rotatable bonds is 0. The first-order valence-electron chi connectivity index (χ1n) is 4.31. The summed E-state index contributed by atoms with van der Waals surface area (Å²) in [5, 5.41) is 0.734. The Hall–Kier alpha value is -0.570. The Labute approximate surface area is 76.8 Å². The summed E-state index contributed by atoms with van der Waals surface area (Å²) in [6, 6.07) is 0. The third-order valence-electron chi connectivity index (χ3n) is 2.47. The predicted octanol–water partition coefficient (Wildman–Crippen LogP) is 2.24. The lowest BCUT2D eigenvalue weighted by molar-refractivity contribution is 0.314. The van der Waals surface area contributed by atoms with Gasteiger partial charge in [0.2, 0.25) is 0 Å². The lowest BCUT2D eigenvalue weighted by Crippen LogP contribution is -2.21. The van der Waals surface area contributed by atoms with Crippen LogP contribution >= 0.6 is 11.3 Å². The molecular formula is C9H14N2S. The van der Waals surface area contributed by atoms with Crippen molar-refractivity contribution in [2.75, 3.05) is 5.73 Å². The summed E-state index contributed by atoms with van der Waals surface area (Å²) in [4.78, 5) is 5.75. The smallest absolute Gasteiger partial charge is 0.180 e. The van der Waals surface area contributed by atoms with Gasteiger partial charge in [-0.3, -0.25) is 0 Å². The number of aromatic nitrogens is 1. The maximum atomic E-state index is 5.65. The van der Waals surface area contributed by atoms with E-state index in [4.69, 9.17) is 5.73 Å². The Morgan fingerprint density at radius 3 is 3.00 bits per heavy atom. The van der Waals surface area contributed by atoms with Gasteiger partial charge in [-0.1, -0.05) is 13.8 Å². The van der Waals surface area contributed by atoms with E-state index in [0.29, 0.717) is 5.41 Å². The molecule has 1 heterocycles. The number of anilines is 1. The van der Waals surface area contributed by atoms with E-state index < -0.39 is 0 Å². The molecule has 1 aromatic heterocycles. The Balaban J connectivity index is 2.34. The van der Waals surface area contributed by atoms with Gasteiger partial charge in [0, 0.05) is 4.88 Å². The number of aryl methyl sites for hydroxylation is 1. The van der Waals surface area contributed by atoms with Crippen LogP contribution in [0.15, 0.2) is 0 Å². The van der Waals surface area contributed by atoms with Gasteiger partial charge in [-0.05, 0) is 24.7 Å². The number of hydrogen-bond acceptors (Lipinski definition) is 3. The molecule has 0 amide bonds. The van der Waals surface area contributed by atoms with Crippen LogP contribution in [0.25, 0.3) is 0 Å². The lowest BCUT2D eigenvalue weighted by atomic mass is 9.79. The fraction of sp³-hybridized carbons (Fsp3) is 0.667. The van der Waals surface area contributed by atoms with Crippen LogP contribution in [0.4, 0.5) is 5.13 Å². The van der Waals surface area contributed by atoms with Crippen LogP contribution in [0.3, 0.4) is 0 Å². The Morgan fingerprint density at radius 2 is 2.25 bits per heavy atom. The van der Waals surface area contributed by atoms with E-state index in [-0.39, 0.29) is 0 Å². The van der Waals surface area contributed by atoms with Crippen LogP contribution in [-0.4, -0.2) is 4.98 Å². The van der Waals surface area contributed by atoms with Gasteiger partial charge in [-0.25, -0.2) is 4.98 Å². The van der Waals surface area contributed by atoms with Crippen LogP contribution < -0.4 is 5.73 Å². The maximum absolute atomic E-state index is 5.65. The zero-order valence-corrected chi connectivity index (χ0v) is 8.37. The SMILES string of the molecule is CC1(C)CCc2sc(N)nc2C1. The highest BCUT2D eigenvalue weighted by atomic mass is 32.1. The quantitative estimate of drug-likeness (QED) is 0.668. The van der Waals surface area contributed by atoms with Gasteiger partial charge in [0.05, 0.1) is 5.69 Å². The minimum atomic E-state index is 0.424. The van der Waals surface area contributed by atoms with E-state index in [0.717, 1.165) is 18.0 Å². The lowest BCUT2D eigenvalue weighted by Gasteiger charge is -2.27. The van der Waals surface area contributed by atoms with Crippen LogP contribution in [0.1, 0.15) is 30.8 Å². The van der Waals surface area contributed by atoms with Crippen LogP contribution in [0.2, 0.25) is 0 Å². The van der Waals surface area contributed by atoms with Crippen molar-refractivity contribution in [1.82, 2.24) is 4.98 Å². The van der Waals surface area contributed by atoms with Crippen molar-refractivity contribution < 1.29 is 0 Å². The molecule has 2 N–H and O–H groups in total. The molecule has 0 radical (unpaired) electrons. The maximum Gasteiger partial charge on any atom is 0.180 e. The molecule has 0 atom stereocenters. The summed E-state index contributed by atoms with van der Waals surface area (Å²) < 4.78 is 0. The third-order valence-corrected chi connectivity index (χ3v) is 3.46. The molecular weight excluding hydrogens is 168 g/mol. The molecule has 0 aliphatic heterocycles. The fourth-order valence-corrected chi connectivity index (χ4v) is 2.58. The molecule has 0 spiro atoms. The molecule has 2 nitrogen and oxygen atoms in total. The van der Waals surface area contributed by atoms with E-state index in [1.807, 2.05) is 0 Å². The number of nitrogens with zero attached hydrogens (tertiary/aromatic N) is 1. The molecule has 0 unspecified atom stereocenters. The highest BCUT2D eigenvalue weighted by Crippen LogP contribution is 2.37. The average Bonchev–Trinajstić information content (AvgIpc) is 2.26. The summed E-state index contributed by atoms with van der Waals surface area (Å²) in [6.07, 6.45) is 3.52. The summed E-state index contributed by atoms with van der Waals surface area (Å²) in [5.41, 5.74) is 7.32. The topological polar surface area (TPSA) is 38.9 Å². The first-order valence-corrected chi connectivity index (χ1v) is 5.12. The van der Waals surface area contributed by atoms with Crippen LogP contribution in [-0.2, 0) is 12.8 Å². The van der Waals surface area contributed by atoms with Gasteiger partial charge in [0.15, 0.2) is 5.13 Å². The summed E-state index contributed by atoms with van der Waals surface area (Å²) in [5.74, 6) is 0. The minimum absolute atomic E-state index is 0.424. The largest absolute Gasteiger partial charge is 0.375 e. The van der Waals surface area contributed by atoms with Gasteiger partial charge in [-0.15, -0.1) is 11.3 Å². The first-order chi connectivity index (χ1) is 5.57. The monoisotopic (exact) mass is 182 g/mol. The van der Waals surface area contributed by atoms with Crippen LogP contribution in [0.5, 0.6) is 0 Å². The molecule has 3 heteroatoms. The molecule has 1 aromatic rings. The van der Waals surface area contributed by atoms with E-state index in [1.54, 1.807) is 11.3 Å². The zero-order chi connectivity index (χ0) is 8.77. The Bertz CT molecular complexity index is 301. The third kappa shape index (κ3) is 1.33. The minimum Gasteiger partial charge on any atom is -0.375 e. The molecule has 0 fully saturated rings. The second kappa shape index (κ2) is 2.46. The molecule has 1 aliphatic carbocycles. The molecule has 0 aromatic carbocycles. The van der Waals surface area contributed by atoms with Gasteiger partial charge < -0.3 is 5.73 Å². The number of thiazole rings is 1. The second-order valence-electron chi connectivity index (χ2n) is 4.26. The van der Waals surface area contributed by atoms with E-state index in [1.165, 1.54) is 17.0 Å². The van der Waals surface area contributed by atoms with Crippen molar-refractivity contribution in [2.24, 2.45) is 5.41 Å². The zero-order valence-electron chi connectivity index (χ0n) is 7.55. The van der Waals surface area contributed by atoms with Gasteiger partial charge in [0.25, 0.3) is 0 Å². The molecule has 0 saturated carbocycles. The van der Waals surface area contributed by atoms with Crippen molar-refractivity contribution in [3.05, 3.63) is 10.6 Å². The Morgan fingerprint density at radius 1 is 1.50 bits per heavy atom. The Kier molecular flexibility index (Phi) is 1.65. The van der Waals surface area contributed by atoms with Gasteiger partial charge in [0.1, 0.15) is 0 Å². The summed E-state index contributed by atoms with van der Waals surface area (Å²) in [7, 11) is 0. The number of nitrogen functional groups attached to an aromatic ring is 1. The average molecular weight is 182 g/mol. The van der Waals surface area contributed by atoms with Gasteiger partial charge >= 0.3 is 0 Å². The van der Waals surface area contributed by atoms with Crippen molar-refractivity contribution in [1.29, 1.82) is 0 Å². The molecule has 66 valence electrons. The highest BCUT2D eigenvalue weighted by molar-refractivity contribution is 7.15. The molecule has 12 heavy (non-hydrogen) atoms.